The van der Waals surface area contributed by atoms with Gasteiger partial charge in [-0.3, -0.25) is 4.79 Å². The van der Waals surface area contributed by atoms with Crippen LogP contribution in [0.25, 0.3) is 6.08 Å². The molecule has 1 amide bonds. The van der Waals surface area contributed by atoms with E-state index in [1.54, 1.807) is 36.4 Å². The molecule has 0 fully saturated rings. The monoisotopic (exact) mass is 506 g/mol. The lowest BCUT2D eigenvalue weighted by Gasteiger charge is -2.11. The summed E-state index contributed by atoms with van der Waals surface area (Å²) >= 11 is 3.41. The van der Waals surface area contributed by atoms with Crippen LogP contribution in [-0.2, 0) is 11.4 Å². The van der Waals surface area contributed by atoms with Crippen molar-refractivity contribution in [1.82, 2.24) is 0 Å². The van der Waals surface area contributed by atoms with Crippen LogP contribution in [0.1, 0.15) is 16.7 Å². The van der Waals surface area contributed by atoms with Crippen molar-refractivity contribution in [2.75, 3.05) is 19.5 Å². The van der Waals surface area contributed by atoms with Crippen molar-refractivity contribution in [2.24, 2.45) is 0 Å². The fourth-order valence-corrected chi connectivity index (χ4v) is 3.64. The minimum absolute atomic E-state index is 0.0474. The molecule has 0 aliphatic rings. The van der Waals surface area contributed by atoms with Crippen molar-refractivity contribution >= 4 is 33.6 Å². The Morgan fingerprint density at radius 1 is 1.06 bits per heavy atom. The number of amides is 1. The lowest BCUT2D eigenvalue weighted by molar-refractivity contribution is -0.112. The Kier molecular flexibility index (Phi) is 8.11. The first-order valence-electron chi connectivity index (χ1n) is 10.1. The molecule has 0 saturated carbocycles. The van der Waals surface area contributed by atoms with Crippen LogP contribution < -0.4 is 19.5 Å². The quantitative estimate of drug-likeness (QED) is 0.303. The summed E-state index contributed by atoms with van der Waals surface area (Å²) in [5.74, 6) is 1.18. The van der Waals surface area contributed by atoms with Gasteiger partial charge in [-0.2, -0.15) is 5.26 Å². The molecule has 0 saturated heterocycles. The molecule has 7 heteroatoms. The number of benzene rings is 3. The molecule has 3 aromatic rings. The SMILES string of the molecule is COc1cc(/C=C(\C#N)C(=O)Nc2ccc(OCc3ccc(C)cc3)cc2)cc(Br)c1OC. The number of rotatable bonds is 8. The number of aryl methyl sites for hydroxylation is 1. The van der Waals surface area contributed by atoms with Gasteiger partial charge in [0.1, 0.15) is 24.0 Å². The molecule has 0 bridgehead atoms. The van der Waals surface area contributed by atoms with E-state index < -0.39 is 5.91 Å². The van der Waals surface area contributed by atoms with Gasteiger partial charge in [0, 0.05) is 5.69 Å². The van der Waals surface area contributed by atoms with Crippen LogP contribution in [0, 0.1) is 18.3 Å². The Hall–Kier alpha value is -3.76. The lowest BCUT2D eigenvalue weighted by Crippen LogP contribution is -2.13. The summed E-state index contributed by atoms with van der Waals surface area (Å²) in [6.07, 6.45) is 1.49. The average Bonchev–Trinajstić information content (AvgIpc) is 2.82. The molecular formula is C26H23BrN2O4. The normalized spacial score (nSPS) is 10.8. The number of ether oxygens (including phenoxy) is 3. The van der Waals surface area contributed by atoms with Gasteiger partial charge in [0.2, 0.25) is 0 Å². The number of hydrogen-bond acceptors (Lipinski definition) is 5. The largest absolute Gasteiger partial charge is 0.493 e. The third kappa shape index (κ3) is 6.37. The van der Waals surface area contributed by atoms with Gasteiger partial charge >= 0.3 is 0 Å². The first-order valence-corrected chi connectivity index (χ1v) is 10.9. The lowest BCUT2D eigenvalue weighted by atomic mass is 10.1. The molecule has 3 aromatic carbocycles. The molecule has 0 radical (unpaired) electrons. The summed E-state index contributed by atoms with van der Waals surface area (Å²) in [5, 5.41) is 12.2. The van der Waals surface area contributed by atoms with Crippen LogP contribution in [0.4, 0.5) is 5.69 Å². The van der Waals surface area contributed by atoms with E-state index in [4.69, 9.17) is 14.2 Å². The molecular weight excluding hydrogens is 484 g/mol. The van der Waals surface area contributed by atoms with Gasteiger partial charge in [-0.1, -0.05) is 29.8 Å². The van der Waals surface area contributed by atoms with E-state index in [9.17, 15) is 10.1 Å². The van der Waals surface area contributed by atoms with Crippen LogP contribution in [0.15, 0.2) is 70.7 Å². The topological polar surface area (TPSA) is 80.6 Å². The van der Waals surface area contributed by atoms with E-state index >= 15 is 0 Å². The molecule has 3 rings (SSSR count). The van der Waals surface area contributed by atoms with E-state index in [-0.39, 0.29) is 5.57 Å². The van der Waals surface area contributed by atoms with E-state index in [1.807, 2.05) is 37.3 Å². The second kappa shape index (κ2) is 11.2. The zero-order valence-corrected chi connectivity index (χ0v) is 20.1. The van der Waals surface area contributed by atoms with Crippen molar-refractivity contribution in [3.05, 3.63) is 87.4 Å². The second-order valence-electron chi connectivity index (χ2n) is 7.16. The first-order chi connectivity index (χ1) is 15.9. The molecule has 0 heterocycles. The summed E-state index contributed by atoms with van der Waals surface area (Å²) in [6, 6.07) is 20.5. The van der Waals surface area contributed by atoms with E-state index in [0.717, 1.165) is 5.56 Å². The highest BCUT2D eigenvalue weighted by Gasteiger charge is 2.13. The first kappa shape index (κ1) is 23.9. The summed E-state index contributed by atoms with van der Waals surface area (Å²) in [5.41, 5.74) is 3.39. The molecule has 0 aliphatic carbocycles. The summed E-state index contributed by atoms with van der Waals surface area (Å²) < 4.78 is 17.0. The Bertz CT molecular complexity index is 1200. The van der Waals surface area contributed by atoms with Gasteiger partial charge in [0.15, 0.2) is 11.5 Å². The number of halogens is 1. The van der Waals surface area contributed by atoms with Gasteiger partial charge in [0.05, 0.1) is 18.7 Å². The van der Waals surface area contributed by atoms with Crippen LogP contribution in [0.5, 0.6) is 17.2 Å². The van der Waals surface area contributed by atoms with Gasteiger partial charge < -0.3 is 19.5 Å². The molecule has 168 valence electrons. The number of methoxy groups -OCH3 is 2. The Labute approximate surface area is 201 Å². The Balaban J connectivity index is 1.67. The summed E-state index contributed by atoms with van der Waals surface area (Å²) in [4.78, 5) is 12.6. The molecule has 6 nitrogen and oxygen atoms in total. The van der Waals surface area contributed by atoms with E-state index in [2.05, 4.69) is 21.2 Å². The van der Waals surface area contributed by atoms with Crippen LogP contribution in [-0.4, -0.2) is 20.1 Å². The predicted octanol–water partition coefficient (Wildman–Crippen LogP) is 5.90. The number of nitrogens with zero attached hydrogens (tertiary/aromatic N) is 1. The molecule has 1 N–H and O–H groups in total. The highest BCUT2D eigenvalue weighted by atomic mass is 79.9. The third-order valence-corrected chi connectivity index (χ3v) is 5.36. The highest BCUT2D eigenvalue weighted by molar-refractivity contribution is 9.10. The average molecular weight is 507 g/mol. The fourth-order valence-electron chi connectivity index (χ4n) is 3.02. The zero-order valence-electron chi connectivity index (χ0n) is 18.5. The fraction of sp³-hybridized carbons (Fsp3) is 0.154. The van der Waals surface area contributed by atoms with Crippen LogP contribution >= 0.6 is 15.9 Å². The van der Waals surface area contributed by atoms with Crippen LogP contribution in [0.3, 0.4) is 0 Å². The third-order valence-electron chi connectivity index (χ3n) is 4.77. The van der Waals surface area contributed by atoms with Crippen LogP contribution in [0.2, 0.25) is 0 Å². The molecule has 0 spiro atoms. The summed E-state index contributed by atoms with van der Waals surface area (Å²) in [7, 11) is 3.05. The number of hydrogen-bond donors (Lipinski definition) is 1. The minimum Gasteiger partial charge on any atom is -0.493 e. The van der Waals surface area contributed by atoms with Gasteiger partial charge in [-0.25, -0.2) is 0 Å². The van der Waals surface area contributed by atoms with Crippen molar-refractivity contribution in [2.45, 2.75) is 13.5 Å². The molecule has 0 aromatic heterocycles. The van der Waals surface area contributed by atoms with Gasteiger partial charge in [-0.15, -0.1) is 0 Å². The molecule has 0 atom stereocenters. The standard InChI is InChI=1S/C26H23BrN2O4/c1-17-4-6-18(7-5-17)16-33-22-10-8-21(9-11-22)29-26(30)20(15-28)12-19-13-23(27)25(32-3)24(14-19)31-2/h4-14H,16H2,1-3H3,(H,29,30)/b20-12+. The maximum absolute atomic E-state index is 12.6. The highest BCUT2D eigenvalue weighted by Crippen LogP contribution is 2.36. The van der Waals surface area contributed by atoms with Crippen molar-refractivity contribution in [1.29, 1.82) is 5.26 Å². The summed E-state index contributed by atoms with van der Waals surface area (Å²) in [6.45, 7) is 2.49. The maximum atomic E-state index is 12.6. The molecule has 0 aliphatic heterocycles. The van der Waals surface area contributed by atoms with Crippen molar-refractivity contribution in [3.8, 4) is 23.3 Å². The van der Waals surface area contributed by atoms with Crippen molar-refractivity contribution < 1.29 is 19.0 Å². The Morgan fingerprint density at radius 3 is 2.36 bits per heavy atom. The second-order valence-corrected chi connectivity index (χ2v) is 8.02. The molecule has 0 unspecified atom stereocenters. The van der Waals surface area contributed by atoms with Gasteiger partial charge in [-0.05, 0) is 76.5 Å². The number of carbonyl (C=O) groups excluding carboxylic acids is 1. The number of carbonyl (C=O) groups is 1. The smallest absolute Gasteiger partial charge is 0.266 e. The Morgan fingerprint density at radius 2 is 1.76 bits per heavy atom. The van der Waals surface area contributed by atoms with Crippen molar-refractivity contribution in [3.63, 3.8) is 0 Å². The maximum Gasteiger partial charge on any atom is 0.266 e. The van der Waals surface area contributed by atoms with E-state index in [0.29, 0.717) is 39.6 Å². The molecule has 33 heavy (non-hydrogen) atoms. The number of anilines is 1. The minimum atomic E-state index is -0.517. The van der Waals surface area contributed by atoms with Gasteiger partial charge in [0.25, 0.3) is 5.91 Å². The zero-order chi connectivity index (χ0) is 23.8. The van der Waals surface area contributed by atoms with E-state index in [1.165, 1.54) is 25.9 Å². The number of nitrogens with one attached hydrogen (secondary N) is 1. The number of nitriles is 1. The predicted molar refractivity (Wildman–Crippen MR) is 131 cm³/mol.